The van der Waals surface area contributed by atoms with Gasteiger partial charge in [-0.3, -0.25) is 4.79 Å². The van der Waals surface area contributed by atoms with E-state index in [0.717, 1.165) is 31.5 Å². The van der Waals surface area contributed by atoms with Crippen LogP contribution in [0.15, 0.2) is 30.3 Å². The maximum Gasteiger partial charge on any atom is 0.163 e. The van der Waals surface area contributed by atoms with Crippen LogP contribution < -0.4 is 5.32 Å². The van der Waals surface area contributed by atoms with Crippen molar-refractivity contribution in [2.24, 2.45) is 5.92 Å². The molecule has 2 rings (SSSR count). The predicted molar refractivity (Wildman–Crippen MR) is 68.2 cm³/mol. The molecule has 1 N–H and O–H groups in total. The number of rotatable bonds is 3. The molecule has 1 aromatic rings. The lowest BCUT2D eigenvalue weighted by atomic mass is 9.91. The highest BCUT2D eigenvalue weighted by Gasteiger charge is 2.17. The van der Waals surface area contributed by atoms with Crippen LogP contribution in [0.5, 0.6) is 0 Å². The molecule has 16 heavy (non-hydrogen) atoms. The zero-order chi connectivity index (χ0) is 10.5. The number of benzene rings is 1. The highest BCUT2D eigenvalue weighted by atomic mass is 35.5. The van der Waals surface area contributed by atoms with Crippen LogP contribution in [-0.4, -0.2) is 18.9 Å². The van der Waals surface area contributed by atoms with Gasteiger partial charge in [0.05, 0.1) is 0 Å². The van der Waals surface area contributed by atoms with Gasteiger partial charge in [0.1, 0.15) is 0 Å². The van der Waals surface area contributed by atoms with Crippen molar-refractivity contribution in [2.45, 2.75) is 19.3 Å². The third kappa shape index (κ3) is 3.62. The van der Waals surface area contributed by atoms with Gasteiger partial charge < -0.3 is 5.32 Å². The molecule has 1 heterocycles. The minimum absolute atomic E-state index is 0. The number of nitrogens with one attached hydrogen (secondary N) is 1. The second kappa shape index (κ2) is 6.66. The molecule has 0 bridgehead atoms. The van der Waals surface area contributed by atoms with Gasteiger partial charge in [0.2, 0.25) is 0 Å². The monoisotopic (exact) mass is 239 g/mol. The Morgan fingerprint density at radius 2 is 1.81 bits per heavy atom. The lowest BCUT2D eigenvalue weighted by Gasteiger charge is -2.21. The Hall–Kier alpha value is -0.860. The fraction of sp³-hybridized carbons (Fsp3) is 0.462. The standard InChI is InChI=1S/C13H17NO.ClH/c15-13(12-4-2-1-3-5-12)10-11-6-8-14-9-7-11;/h1-5,11,14H,6-10H2;1H. The summed E-state index contributed by atoms with van der Waals surface area (Å²) >= 11 is 0. The molecular formula is C13H18ClNO. The topological polar surface area (TPSA) is 29.1 Å². The highest BCUT2D eigenvalue weighted by molar-refractivity contribution is 5.96. The fourth-order valence-corrected chi connectivity index (χ4v) is 2.09. The highest BCUT2D eigenvalue weighted by Crippen LogP contribution is 2.18. The van der Waals surface area contributed by atoms with Crippen LogP contribution in [0.1, 0.15) is 29.6 Å². The van der Waals surface area contributed by atoms with Gasteiger partial charge >= 0.3 is 0 Å². The number of hydrogen-bond donors (Lipinski definition) is 1. The summed E-state index contributed by atoms with van der Waals surface area (Å²) in [5.41, 5.74) is 0.857. The second-order valence-corrected chi connectivity index (χ2v) is 4.19. The fourth-order valence-electron chi connectivity index (χ4n) is 2.09. The van der Waals surface area contributed by atoms with Crippen LogP contribution in [0.25, 0.3) is 0 Å². The Labute approximate surface area is 103 Å². The van der Waals surface area contributed by atoms with Gasteiger partial charge in [-0.2, -0.15) is 0 Å². The zero-order valence-corrected chi connectivity index (χ0v) is 10.1. The van der Waals surface area contributed by atoms with Crippen LogP contribution >= 0.6 is 12.4 Å². The van der Waals surface area contributed by atoms with E-state index in [0.29, 0.717) is 18.1 Å². The minimum Gasteiger partial charge on any atom is -0.317 e. The summed E-state index contributed by atoms with van der Waals surface area (Å²) in [4.78, 5) is 11.9. The summed E-state index contributed by atoms with van der Waals surface area (Å²) in [5.74, 6) is 0.876. The normalized spacial score (nSPS) is 16.5. The van der Waals surface area contributed by atoms with Crippen LogP contribution in [0.3, 0.4) is 0 Å². The number of carbonyl (C=O) groups is 1. The van der Waals surface area contributed by atoms with E-state index >= 15 is 0 Å². The Kier molecular flexibility index (Phi) is 5.50. The summed E-state index contributed by atoms with van der Waals surface area (Å²) in [7, 11) is 0. The Balaban J connectivity index is 0.00000128. The van der Waals surface area contributed by atoms with Gasteiger partial charge in [-0.1, -0.05) is 30.3 Å². The maximum atomic E-state index is 11.9. The largest absolute Gasteiger partial charge is 0.317 e. The first-order valence-corrected chi connectivity index (χ1v) is 5.65. The average molecular weight is 240 g/mol. The number of ketones is 1. The van der Waals surface area contributed by atoms with Gasteiger partial charge in [0.15, 0.2) is 5.78 Å². The molecule has 0 atom stereocenters. The third-order valence-electron chi connectivity index (χ3n) is 3.03. The molecule has 3 heteroatoms. The molecule has 0 aromatic heterocycles. The summed E-state index contributed by atoms with van der Waals surface area (Å²) in [6, 6.07) is 9.61. The van der Waals surface area contributed by atoms with Crippen molar-refractivity contribution in [3.63, 3.8) is 0 Å². The molecule has 0 saturated carbocycles. The maximum absolute atomic E-state index is 11.9. The van der Waals surface area contributed by atoms with Crippen molar-refractivity contribution >= 4 is 18.2 Å². The molecule has 2 nitrogen and oxygen atoms in total. The van der Waals surface area contributed by atoms with Crippen molar-refractivity contribution in [1.29, 1.82) is 0 Å². The van der Waals surface area contributed by atoms with Crippen molar-refractivity contribution in [2.75, 3.05) is 13.1 Å². The van der Waals surface area contributed by atoms with Crippen molar-refractivity contribution in [3.8, 4) is 0 Å². The molecule has 0 aliphatic carbocycles. The smallest absolute Gasteiger partial charge is 0.163 e. The number of piperidine rings is 1. The van der Waals surface area contributed by atoms with E-state index in [4.69, 9.17) is 0 Å². The summed E-state index contributed by atoms with van der Waals surface area (Å²) in [6.07, 6.45) is 2.99. The SMILES string of the molecule is Cl.O=C(CC1CCNCC1)c1ccccc1. The van der Waals surface area contributed by atoms with Gasteiger partial charge in [-0.15, -0.1) is 12.4 Å². The summed E-state index contributed by atoms with van der Waals surface area (Å²) < 4.78 is 0. The number of halogens is 1. The van der Waals surface area contributed by atoms with E-state index in [1.807, 2.05) is 30.3 Å². The zero-order valence-electron chi connectivity index (χ0n) is 9.32. The third-order valence-corrected chi connectivity index (χ3v) is 3.03. The lowest BCUT2D eigenvalue weighted by molar-refractivity contribution is 0.0952. The van der Waals surface area contributed by atoms with E-state index in [-0.39, 0.29) is 12.4 Å². The van der Waals surface area contributed by atoms with Crippen LogP contribution in [0, 0.1) is 5.92 Å². The molecule has 1 saturated heterocycles. The van der Waals surface area contributed by atoms with Crippen molar-refractivity contribution in [1.82, 2.24) is 5.32 Å². The first kappa shape index (κ1) is 13.2. The Bertz CT molecular complexity index is 320. The van der Waals surface area contributed by atoms with Gasteiger partial charge in [-0.05, 0) is 31.8 Å². The molecule has 1 fully saturated rings. The second-order valence-electron chi connectivity index (χ2n) is 4.19. The quantitative estimate of drug-likeness (QED) is 0.822. The predicted octanol–water partition coefficient (Wildman–Crippen LogP) is 2.68. The average Bonchev–Trinajstić information content (AvgIpc) is 2.31. The van der Waals surface area contributed by atoms with E-state index in [9.17, 15) is 4.79 Å². The number of Topliss-reactive ketones (excluding diaryl/α,β-unsaturated/α-hetero) is 1. The molecule has 88 valence electrons. The number of hydrogen-bond acceptors (Lipinski definition) is 2. The minimum atomic E-state index is 0. The van der Waals surface area contributed by atoms with Crippen molar-refractivity contribution < 1.29 is 4.79 Å². The molecule has 1 aliphatic rings. The Morgan fingerprint density at radius 3 is 2.44 bits per heavy atom. The summed E-state index contributed by atoms with van der Waals surface area (Å²) in [6.45, 7) is 2.12. The van der Waals surface area contributed by atoms with E-state index in [1.54, 1.807) is 0 Å². The lowest BCUT2D eigenvalue weighted by Crippen LogP contribution is -2.28. The van der Waals surface area contributed by atoms with Crippen molar-refractivity contribution in [3.05, 3.63) is 35.9 Å². The molecule has 1 aromatic carbocycles. The van der Waals surface area contributed by atoms with Crippen LogP contribution in [0.4, 0.5) is 0 Å². The van der Waals surface area contributed by atoms with E-state index in [2.05, 4.69) is 5.32 Å². The molecular weight excluding hydrogens is 222 g/mol. The summed E-state index contributed by atoms with van der Waals surface area (Å²) in [5, 5.41) is 3.32. The van der Waals surface area contributed by atoms with Gasteiger partial charge in [0, 0.05) is 12.0 Å². The molecule has 0 spiro atoms. The first-order chi connectivity index (χ1) is 7.36. The van der Waals surface area contributed by atoms with Crippen LogP contribution in [-0.2, 0) is 0 Å². The van der Waals surface area contributed by atoms with Gasteiger partial charge in [-0.25, -0.2) is 0 Å². The molecule has 0 unspecified atom stereocenters. The van der Waals surface area contributed by atoms with Crippen LogP contribution in [0.2, 0.25) is 0 Å². The molecule has 1 aliphatic heterocycles. The molecule has 0 amide bonds. The molecule has 0 radical (unpaired) electrons. The Morgan fingerprint density at radius 1 is 1.19 bits per heavy atom. The van der Waals surface area contributed by atoms with Gasteiger partial charge in [0.25, 0.3) is 0 Å². The van der Waals surface area contributed by atoms with E-state index < -0.39 is 0 Å². The first-order valence-electron chi connectivity index (χ1n) is 5.65. The number of carbonyl (C=O) groups excluding carboxylic acids is 1. The van der Waals surface area contributed by atoms with E-state index in [1.165, 1.54) is 0 Å².